The largest absolute Gasteiger partial charge is 0.497 e. The summed E-state index contributed by atoms with van der Waals surface area (Å²) in [4.78, 5) is 11.0. The summed E-state index contributed by atoms with van der Waals surface area (Å²) in [5.74, 6) is -2.50. The first kappa shape index (κ1) is 13.0. The molecule has 0 amide bonds. The Kier molecular flexibility index (Phi) is 3.46. The van der Waals surface area contributed by atoms with Crippen LogP contribution in [-0.2, 0) is 0 Å². The molecule has 0 aromatic heterocycles. The molecule has 0 spiro atoms. The van der Waals surface area contributed by atoms with Gasteiger partial charge in [0, 0.05) is 0 Å². The summed E-state index contributed by atoms with van der Waals surface area (Å²) in [7, 11) is 1.35. The Morgan fingerprint density at radius 1 is 1.16 bits per heavy atom. The third-order valence-electron chi connectivity index (χ3n) is 2.64. The van der Waals surface area contributed by atoms with E-state index in [0.717, 1.165) is 12.1 Å². The van der Waals surface area contributed by atoms with Gasteiger partial charge in [-0.2, -0.15) is 0 Å². The van der Waals surface area contributed by atoms with Crippen LogP contribution in [0.1, 0.15) is 10.4 Å². The molecule has 0 atom stereocenters. The summed E-state index contributed by atoms with van der Waals surface area (Å²) in [6, 6.07) is 7.33. The van der Waals surface area contributed by atoms with Crippen LogP contribution in [0.5, 0.6) is 5.75 Å². The number of hydrogen-bond donors (Lipinski definition) is 1. The first-order valence-electron chi connectivity index (χ1n) is 5.39. The maximum Gasteiger partial charge on any atom is 0.335 e. The lowest BCUT2D eigenvalue weighted by molar-refractivity contribution is 0.0696. The van der Waals surface area contributed by atoms with E-state index in [0.29, 0.717) is 0 Å². The lowest BCUT2D eigenvalue weighted by atomic mass is 10.0. The monoisotopic (exact) mass is 264 g/mol. The molecular formula is C14H10F2O3. The number of aromatic carboxylic acids is 1. The van der Waals surface area contributed by atoms with Crippen molar-refractivity contribution >= 4 is 5.97 Å². The molecule has 0 fully saturated rings. The van der Waals surface area contributed by atoms with E-state index in [1.807, 2.05) is 0 Å². The van der Waals surface area contributed by atoms with Crippen molar-refractivity contribution in [2.75, 3.05) is 7.11 Å². The highest BCUT2D eigenvalue weighted by atomic mass is 19.1. The molecule has 0 bridgehead atoms. The van der Waals surface area contributed by atoms with Crippen LogP contribution in [0.4, 0.5) is 8.78 Å². The average Bonchev–Trinajstić information content (AvgIpc) is 2.38. The van der Waals surface area contributed by atoms with Crippen molar-refractivity contribution in [1.82, 2.24) is 0 Å². The Morgan fingerprint density at radius 2 is 1.79 bits per heavy atom. The van der Waals surface area contributed by atoms with Crippen LogP contribution in [0, 0.1) is 11.6 Å². The zero-order chi connectivity index (χ0) is 14.0. The van der Waals surface area contributed by atoms with Gasteiger partial charge in [-0.25, -0.2) is 13.6 Å². The minimum absolute atomic E-state index is 0.1000. The smallest absolute Gasteiger partial charge is 0.335 e. The van der Waals surface area contributed by atoms with Gasteiger partial charge in [-0.1, -0.05) is 6.07 Å². The van der Waals surface area contributed by atoms with E-state index in [4.69, 9.17) is 9.84 Å². The van der Waals surface area contributed by atoms with E-state index in [2.05, 4.69) is 0 Å². The number of ether oxygens (including phenoxy) is 1. The van der Waals surface area contributed by atoms with Crippen molar-refractivity contribution < 1.29 is 23.4 Å². The highest BCUT2D eigenvalue weighted by Crippen LogP contribution is 2.30. The van der Waals surface area contributed by atoms with Gasteiger partial charge in [-0.3, -0.25) is 0 Å². The third-order valence-corrected chi connectivity index (χ3v) is 2.64. The molecule has 19 heavy (non-hydrogen) atoms. The molecule has 0 saturated heterocycles. The lowest BCUT2D eigenvalue weighted by Crippen LogP contribution is -1.99. The van der Waals surface area contributed by atoms with Crippen LogP contribution >= 0.6 is 0 Å². The summed E-state index contributed by atoms with van der Waals surface area (Å²) < 4.78 is 32.3. The normalized spacial score (nSPS) is 10.3. The lowest BCUT2D eigenvalue weighted by Gasteiger charge is -2.09. The fourth-order valence-electron chi connectivity index (χ4n) is 1.76. The number of carboxylic acids is 1. The number of carbonyl (C=O) groups is 1. The van der Waals surface area contributed by atoms with Gasteiger partial charge < -0.3 is 9.84 Å². The minimum Gasteiger partial charge on any atom is -0.497 e. The predicted molar refractivity (Wildman–Crippen MR) is 65.3 cm³/mol. The second kappa shape index (κ2) is 5.06. The van der Waals surface area contributed by atoms with Crippen LogP contribution in [-0.4, -0.2) is 18.2 Å². The number of rotatable bonds is 3. The van der Waals surface area contributed by atoms with Crippen LogP contribution in [0.25, 0.3) is 11.1 Å². The predicted octanol–water partition coefficient (Wildman–Crippen LogP) is 3.34. The fraction of sp³-hybridized carbons (Fsp3) is 0.0714. The van der Waals surface area contributed by atoms with Crippen LogP contribution < -0.4 is 4.74 Å². The molecule has 0 heterocycles. The van der Waals surface area contributed by atoms with Gasteiger partial charge in [0.05, 0.1) is 18.2 Å². The molecule has 2 aromatic carbocycles. The quantitative estimate of drug-likeness (QED) is 0.924. The highest BCUT2D eigenvalue weighted by Gasteiger charge is 2.15. The molecule has 5 heteroatoms. The molecule has 1 N–H and O–H groups in total. The van der Waals surface area contributed by atoms with Gasteiger partial charge in [0.1, 0.15) is 17.4 Å². The first-order valence-corrected chi connectivity index (χ1v) is 5.39. The summed E-state index contributed by atoms with van der Waals surface area (Å²) >= 11 is 0. The number of benzene rings is 2. The van der Waals surface area contributed by atoms with Crippen molar-refractivity contribution in [3.8, 4) is 16.9 Å². The summed E-state index contributed by atoms with van der Waals surface area (Å²) in [6.07, 6.45) is 0. The fourth-order valence-corrected chi connectivity index (χ4v) is 1.76. The van der Waals surface area contributed by atoms with Crippen LogP contribution in [0.3, 0.4) is 0 Å². The number of methoxy groups -OCH3 is 1. The molecule has 0 aliphatic rings. The van der Waals surface area contributed by atoms with E-state index in [9.17, 15) is 13.6 Å². The van der Waals surface area contributed by atoms with Gasteiger partial charge >= 0.3 is 5.97 Å². The number of hydrogen-bond acceptors (Lipinski definition) is 2. The molecule has 98 valence electrons. The first-order chi connectivity index (χ1) is 9.02. The number of halogens is 2. The Labute approximate surface area is 108 Å². The van der Waals surface area contributed by atoms with Crippen molar-refractivity contribution in [2.24, 2.45) is 0 Å². The van der Waals surface area contributed by atoms with Crippen molar-refractivity contribution in [1.29, 1.82) is 0 Å². The molecule has 3 nitrogen and oxygen atoms in total. The van der Waals surface area contributed by atoms with Crippen molar-refractivity contribution in [2.45, 2.75) is 0 Å². The summed E-state index contributed by atoms with van der Waals surface area (Å²) in [5, 5.41) is 8.97. The topological polar surface area (TPSA) is 46.5 Å². The second-order valence-electron chi connectivity index (χ2n) is 3.85. The van der Waals surface area contributed by atoms with Crippen LogP contribution in [0.2, 0.25) is 0 Å². The zero-order valence-corrected chi connectivity index (χ0v) is 9.98. The Hall–Kier alpha value is -2.43. The molecule has 0 saturated carbocycles. The van der Waals surface area contributed by atoms with E-state index < -0.39 is 17.6 Å². The van der Waals surface area contributed by atoms with Crippen molar-refractivity contribution in [3.05, 3.63) is 53.6 Å². The van der Waals surface area contributed by atoms with Gasteiger partial charge in [0.2, 0.25) is 0 Å². The van der Waals surface area contributed by atoms with Gasteiger partial charge in [-0.15, -0.1) is 0 Å². The molecule has 0 unspecified atom stereocenters. The molecular weight excluding hydrogens is 254 g/mol. The SMILES string of the molecule is COc1cc(C(=O)O)cc(-c2c(F)cccc2F)c1. The standard InChI is InChI=1S/C14H10F2O3/c1-19-10-6-8(5-9(7-10)14(17)18)13-11(15)3-2-4-12(13)16/h2-7H,1H3,(H,17,18). The maximum atomic E-state index is 13.7. The number of carboxylic acid groups (broad SMARTS) is 1. The van der Waals surface area contributed by atoms with Gasteiger partial charge in [-0.05, 0) is 35.9 Å². The summed E-state index contributed by atoms with van der Waals surface area (Å²) in [5.41, 5.74) is -0.256. The Bertz CT molecular complexity index is 618. The third kappa shape index (κ3) is 2.54. The Balaban J connectivity index is 2.68. The average molecular weight is 264 g/mol. The van der Waals surface area contributed by atoms with E-state index in [1.165, 1.54) is 31.4 Å². The molecule has 0 radical (unpaired) electrons. The zero-order valence-electron chi connectivity index (χ0n) is 9.98. The second-order valence-corrected chi connectivity index (χ2v) is 3.85. The van der Waals surface area contributed by atoms with Gasteiger partial charge in [0.15, 0.2) is 0 Å². The Morgan fingerprint density at radius 3 is 2.32 bits per heavy atom. The molecule has 0 aliphatic carbocycles. The van der Waals surface area contributed by atoms with Crippen LogP contribution in [0.15, 0.2) is 36.4 Å². The molecule has 2 aromatic rings. The minimum atomic E-state index is -1.20. The van der Waals surface area contributed by atoms with E-state index in [1.54, 1.807) is 0 Å². The highest BCUT2D eigenvalue weighted by molar-refractivity contribution is 5.90. The molecule has 2 rings (SSSR count). The van der Waals surface area contributed by atoms with E-state index >= 15 is 0 Å². The van der Waals surface area contributed by atoms with Crippen molar-refractivity contribution in [3.63, 3.8) is 0 Å². The van der Waals surface area contributed by atoms with Gasteiger partial charge in [0.25, 0.3) is 0 Å². The molecule has 0 aliphatic heterocycles. The van der Waals surface area contributed by atoms with E-state index in [-0.39, 0.29) is 22.4 Å². The maximum absolute atomic E-state index is 13.7. The summed E-state index contributed by atoms with van der Waals surface area (Å²) in [6.45, 7) is 0.